The average molecular weight is 370 g/mol. The fourth-order valence-electron chi connectivity index (χ4n) is 2.55. The van der Waals surface area contributed by atoms with Crippen LogP contribution >= 0.6 is 0 Å². The zero-order chi connectivity index (χ0) is 18.6. The van der Waals surface area contributed by atoms with Crippen LogP contribution in [0.25, 0.3) is 0 Å². The molecule has 0 aliphatic heterocycles. The quantitative estimate of drug-likeness (QED) is 0.722. The summed E-state index contributed by atoms with van der Waals surface area (Å²) < 4.78 is 27.9. The first-order chi connectivity index (χ1) is 12.4. The Morgan fingerprint density at radius 3 is 1.77 bits per heavy atom. The minimum atomic E-state index is -4.00. The number of furan rings is 1. The molecule has 0 aliphatic rings. The number of rotatable bonds is 6. The Morgan fingerprint density at radius 1 is 0.846 bits per heavy atom. The van der Waals surface area contributed by atoms with Crippen LogP contribution in [0.5, 0.6) is 0 Å². The van der Waals surface area contributed by atoms with Gasteiger partial charge in [0.25, 0.3) is 15.9 Å². The van der Waals surface area contributed by atoms with Crippen molar-refractivity contribution in [1.82, 2.24) is 4.90 Å². The van der Waals surface area contributed by atoms with Crippen molar-refractivity contribution in [1.29, 1.82) is 0 Å². The summed E-state index contributed by atoms with van der Waals surface area (Å²) in [5.41, 5.74) is 1.91. The third-order valence-electron chi connectivity index (χ3n) is 3.79. The summed E-state index contributed by atoms with van der Waals surface area (Å²) in [4.78, 5) is 14.5. The molecule has 0 unspecified atom stereocenters. The lowest BCUT2D eigenvalue weighted by atomic mass is 10.1. The zero-order valence-electron chi connectivity index (χ0n) is 13.9. The zero-order valence-corrected chi connectivity index (χ0v) is 14.7. The Hall–Kier alpha value is -2.90. The molecule has 2 aromatic carbocycles. The van der Waals surface area contributed by atoms with Crippen molar-refractivity contribution in [2.75, 3.05) is 0 Å². The lowest BCUT2D eigenvalue weighted by molar-refractivity contribution is 0.0691. The van der Waals surface area contributed by atoms with Crippen LogP contribution in [-0.2, 0) is 23.1 Å². The summed E-state index contributed by atoms with van der Waals surface area (Å²) in [7, 11) is -4.00. The van der Waals surface area contributed by atoms with Gasteiger partial charge in [-0.05, 0) is 23.3 Å². The molecule has 2 N–H and O–H groups in total. The predicted molar refractivity (Wildman–Crippen MR) is 96.5 cm³/mol. The molecule has 3 rings (SSSR count). The molecule has 1 amide bonds. The predicted octanol–water partition coefficient (Wildman–Crippen LogP) is 2.77. The van der Waals surface area contributed by atoms with Crippen LogP contribution in [0, 0.1) is 0 Å². The van der Waals surface area contributed by atoms with Crippen molar-refractivity contribution in [2.45, 2.75) is 18.2 Å². The van der Waals surface area contributed by atoms with Crippen molar-refractivity contribution in [3.05, 3.63) is 89.7 Å². The highest BCUT2D eigenvalue weighted by Gasteiger charge is 2.22. The second-order valence-electron chi connectivity index (χ2n) is 5.80. The first kappa shape index (κ1) is 17.9. The van der Waals surface area contributed by atoms with E-state index < -0.39 is 21.0 Å². The normalized spacial score (nSPS) is 11.3. The van der Waals surface area contributed by atoms with Crippen molar-refractivity contribution < 1.29 is 17.6 Å². The molecule has 7 heteroatoms. The van der Waals surface area contributed by atoms with Gasteiger partial charge in [-0.15, -0.1) is 0 Å². The molecule has 134 valence electrons. The monoisotopic (exact) mass is 370 g/mol. The van der Waals surface area contributed by atoms with E-state index in [0.717, 1.165) is 11.1 Å². The highest BCUT2D eigenvalue weighted by molar-refractivity contribution is 7.89. The van der Waals surface area contributed by atoms with Gasteiger partial charge in [0.05, 0.1) is 0 Å². The van der Waals surface area contributed by atoms with Gasteiger partial charge in [0.1, 0.15) is 0 Å². The summed E-state index contributed by atoms with van der Waals surface area (Å²) in [6.45, 7) is 0.722. The lowest BCUT2D eigenvalue weighted by Gasteiger charge is -2.22. The molecular formula is C19H18N2O4S. The lowest BCUT2D eigenvalue weighted by Crippen LogP contribution is -2.29. The summed E-state index contributed by atoms with van der Waals surface area (Å²) in [6, 6.07) is 21.6. The minimum absolute atomic E-state index is 0.0686. The van der Waals surface area contributed by atoms with Gasteiger partial charge < -0.3 is 9.32 Å². The number of hydrogen-bond acceptors (Lipinski definition) is 4. The van der Waals surface area contributed by atoms with Gasteiger partial charge in [0, 0.05) is 13.1 Å². The van der Waals surface area contributed by atoms with Crippen LogP contribution in [0.3, 0.4) is 0 Å². The molecule has 1 aromatic heterocycles. The van der Waals surface area contributed by atoms with E-state index in [9.17, 15) is 13.2 Å². The summed E-state index contributed by atoms with van der Waals surface area (Å²) in [5.74, 6) is -0.478. The Bertz CT molecular complexity index is 941. The second-order valence-corrected chi connectivity index (χ2v) is 7.29. The van der Waals surface area contributed by atoms with Gasteiger partial charge in [-0.25, -0.2) is 13.6 Å². The number of primary sulfonamides is 1. The fourth-order valence-corrected chi connectivity index (χ4v) is 3.01. The maximum Gasteiger partial charge on any atom is 0.290 e. The minimum Gasteiger partial charge on any atom is -0.438 e. The third-order valence-corrected chi connectivity index (χ3v) is 4.57. The topological polar surface area (TPSA) is 93.6 Å². The fraction of sp³-hybridized carbons (Fsp3) is 0.105. The molecule has 6 nitrogen and oxygen atoms in total. The number of nitrogens with zero attached hydrogens (tertiary/aromatic N) is 1. The van der Waals surface area contributed by atoms with Crippen LogP contribution in [0.2, 0.25) is 0 Å². The molecule has 0 bridgehead atoms. The number of benzene rings is 2. The second kappa shape index (κ2) is 7.55. The van der Waals surface area contributed by atoms with E-state index in [2.05, 4.69) is 0 Å². The molecule has 26 heavy (non-hydrogen) atoms. The Morgan fingerprint density at radius 2 is 1.35 bits per heavy atom. The third kappa shape index (κ3) is 4.38. The summed E-state index contributed by atoms with van der Waals surface area (Å²) in [5, 5.41) is 4.62. The highest BCUT2D eigenvalue weighted by Crippen LogP contribution is 2.18. The highest BCUT2D eigenvalue weighted by atomic mass is 32.2. The first-order valence-corrected chi connectivity index (χ1v) is 9.48. The molecule has 0 radical (unpaired) electrons. The Labute approximate surface area is 151 Å². The maximum absolute atomic E-state index is 12.9. The van der Waals surface area contributed by atoms with Crippen molar-refractivity contribution in [3.8, 4) is 0 Å². The average Bonchev–Trinajstić information content (AvgIpc) is 3.13. The van der Waals surface area contributed by atoms with Crippen molar-refractivity contribution >= 4 is 15.9 Å². The van der Waals surface area contributed by atoms with Crippen LogP contribution in [0.1, 0.15) is 21.7 Å². The van der Waals surface area contributed by atoms with E-state index in [1.807, 2.05) is 60.7 Å². The standard InChI is InChI=1S/C19H18N2O4S/c20-26(23,24)18-12-11-17(25-18)19(22)21(13-15-7-3-1-4-8-15)14-16-9-5-2-6-10-16/h1-12H,13-14H2,(H2,20,23,24). The van der Waals surface area contributed by atoms with Gasteiger partial charge in [-0.1, -0.05) is 60.7 Å². The molecule has 1 heterocycles. The molecule has 0 atom stereocenters. The maximum atomic E-state index is 12.9. The number of nitrogens with two attached hydrogens (primary N) is 1. The largest absolute Gasteiger partial charge is 0.438 e. The smallest absolute Gasteiger partial charge is 0.290 e. The Balaban J connectivity index is 1.88. The number of amides is 1. The van der Waals surface area contributed by atoms with Gasteiger partial charge in [0.15, 0.2) is 5.76 Å². The number of carbonyl (C=O) groups excluding carboxylic acids is 1. The molecule has 0 spiro atoms. The molecule has 0 saturated heterocycles. The summed E-state index contributed by atoms with van der Waals surface area (Å²) in [6.07, 6.45) is 0. The van der Waals surface area contributed by atoms with Gasteiger partial charge >= 0.3 is 0 Å². The van der Waals surface area contributed by atoms with Crippen LogP contribution in [-0.4, -0.2) is 19.2 Å². The van der Waals surface area contributed by atoms with Crippen LogP contribution in [0.15, 0.2) is 82.3 Å². The molecule has 0 fully saturated rings. The van der Waals surface area contributed by atoms with Crippen molar-refractivity contribution in [3.63, 3.8) is 0 Å². The van der Waals surface area contributed by atoms with Gasteiger partial charge in [-0.3, -0.25) is 4.79 Å². The van der Waals surface area contributed by atoms with E-state index in [4.69, 9.17) is 9.56 Å². The molecular weight excluding hydrogens is 352 g/mol. The van der Waals surface area contributed by atoms with Crippen LogP contribution < -0.4 is 5.14 Å². The van der Waals surface area contributed by atoms with E-state index >= 15 is 0 Å². The number of hydrogen-bond donors (Lipinski definition) is 1. The Kier molecular flexibility index (Phi) is 5.20. The number of carbonyl (C=O) groups is 1. The SMILES string of the molecule is NS(=O)(=O)c1ccc(C(=O)N(Cc2ccccc2)Cc2ccccc2)o1. The van der Waals surface area contributed by atoms with Crippen molar-refractivity contribution in [2.24, 2.45) is 5.14 Å². The first-order valence-electron chi connectivity index (χ1n) is 7.93. The van der Waals surface area contributed by atoms with E-state index in [-0.39, 0.29) is 5.76 Å². The molecule has 3 aromatic rings. The summed E-state index contributed by atoms with van der Waals surface area (Å²) >= 11 is 0. The molecule has 0 aliphatic carbocycles. The molecule has 0 saturated carbocycles. The van der Waals surface area contributed by atoms with E-state index in [1.165, 1.54) is 12.1 Å². The van der Waals surface area contributed by atoms with Gasteiger partial charge in [-0.2, -0.15) is 0 Å². The van der Waals surface area contributed by atoms with Gasteiger partial charge in [0.2, 0.25) is 5.09 Å². The van der Waals surface area contributed by atoms with E-state index in [1.54, 1.807) is 4.90 Å². The van der Waals surface area contributed by atoms with E-state index in [0.29, 0.717) is 13.1 Å². The van der Waals surface area contributed by atoms with Crippen LogP contribution in [0.4, 0.5) is 0 Å². The number of sulfonamides is 1.